The molecule has 270 valence electrons. The third-order valence-electron chi connectivity index (χ3n) is 14.6. The fourth-order valence-electron chi connectivity index (χ4n) is 12.0. The van der Waals surface area contributed by atoms with Crippen molar-refractivity contribution in [1.29, 1.82) is 0 Å². The number of allylic oxidation sites excluding steroid dienone is 8. The summed E-state index contributed by atoms with van der Waals surface area (Å²) in [5.74, 6) is 0. The Morgan fingerprint density at radius 3 is 1.96 bits per heavy atom. The summed E-state index contributed by atoms with van der Waals surface area (Å²) in [6, 6.07) is 50.3. The number of hydrogen-bond acceptors (Lipinski definition) is 0. The molecule has 0 saturated carbocycles. The summed E-state index contributed by atoms with van der Waals surface area (Å²) in [6.07, 6.45) is 17.2. The van der Waals surface area contributed by atoms with E-state index in [0.29, 0.717) is 0 Å². The average Bonchev–Trinajstić information content (AvgIpc) is 3.91. The van der Waals surface area contributed by atoms with E-state index in [4.69, 9.17) is 0 Å². The average molecular weight is 735 g/mol. The van der Waals surface area contributed by atoms with Crippen LogP contribution in [-0.4, -0.2) is 8.07 Å². The Labute approximate surface area is 331 Å². The highest BCUT2D eigenvalue weighted by atomic mass is 28.3. The number of rotatable bonds is 3. The third-order valence-corrected chi connectivity index (χ3v) is 19.9. The molecule has 5 aliphatic rings. The number of fused-ring (bicyclic) bond motifs is 9. The second-order valence-electron chi connectivity index (χ2n) is 17.7. The normalized spacial score (nSPS) is 18.7. The van der Waals surface area contributed by atoms with Crippen molar-refractivity contribution in [2.75, 3.05) is 0 Å². The van der Waals surface area contributed by atoms with Crippen molar-refractivity contribution < 1.29 is 0 Å². The first-order chi connectivity index (χ1) is 27.5. The van der Waals surface area contributed by atoms with E-state index in [0.717, 1.165) is 19.3 Å². The van der Waals surface area contributed by atoms with Gasteiger partial charge in [0.15, 0.2) is 0 Å². The van der Waals surface area contributed by atoms with E-state index >= 15 is 0 Å². The molecule has 56 heavy (non-hydrogen) atoms. The summed E-state index contributed by atoms with van der Waals surface area (Å²) in [5.41, 5.74) is 17.2. The fourth-order valence-corrected chi connectivity index (χ4v) is 17.8. The van der Waals surface area contributed by atoms with Crippen LogP contribution >= 0.6 is 0 Å². The molecule has 0 atom stereocenters. The van der Waals surface area contributed by atoms with Gasteiger partial charge in [-0.3, -0.25) is 0 Å². The van der Waals surface area contributed by atoms with Gasteiger partial charge in [0.1, 0.15) is 8.07 Å². The van der Waals surface area contributed by atoms with Crippen LogP contribution in [0.5, 0.6) is 0 Å². The van der Waals surface area contributed by atoms with Crippen molar-refractivity contribution >= 4 is 56.7 Å². The number of hydrogen-bond donors (Lipinski definition) is 0. The maximum absolute atomic E-state index is 2.63. The first kappa shape index (κ1) is 32.7. The smallest absolute Gasteiger partial charge is 0.0843 e. The molecular formula is C55H46Si. The maximum atomic E-state index is 2.63. The van der Waals surface area contributed by atoms with Gasteiger partial charge < -0.3 is 0 Å². The molecule has 0 bridgehead atoms. The fraction of sp³-hybridized carbons (Fsp3) is 0.200. The molecule has 1 spiro atoms. The van der Waals surface area contributed by atoms with Gasteiger partial charge in [0.05, 0.1) is 0 Å². The van der Waals surface area contributed by atoms with Crippen molar-refractivity contribution in [3.05, 3.63) is 173 Å². The van der Waals surface area contributed by atoms with Gasteiger partial charge in [-0.1, -0.05) is 159 Å². The minimum atomic E-state index is -1.65. The first-order valence-electron chi connectivity index (χ1n) is 21.1. The minimum Gasteiger partial charge on any atom is -0.0843 e. The molecule has 0 N–H and O–H groups in total. The quantitative estimate of drug-likeness (QED) is 0.125. The van der Waals surface area contributed by atoms with Crippen LogP contribution in [0.15, 0.2) is 156 Å². The lowest BCUT2D eigenvalue weighted by Crippen LogP contribution is -2.44. The molecule has 0 amide bonds. The summed E-state index contributed by atoms with van der Waals surface area (Å²) in [5, 5.41) is 11.4. The first-order valence-corrected chi connectivity index (χ1v) is 23.5. The zero-order valence-electron chi connectivity index (χ0n) is 32.5. The largest absolute Gasteiger partial charge is 0.119 e. The standard InChI is InChI=1S/C55H46Si/c1-55(2)49-22-9-7-17-41(49)46-33-37(25-28-50(46)55)54-44-20-6-5-19-43(44)53(45-27-24-36(32-48(45)54)40-21-13-15-35-14-3-4-16-39(35)40)38-26-29-52-47(34-38)42-18-8-10-23-51(42)56(52)30-11-12-31-56/h3-6,9-10,13-16,19-29,32-34H,7-8,11-12,17-18,30-31H2,1-2H3. The molecule has 0 radical (unpaired) electrons. The second-order valence-corrected chi connectivity index (χ2v) is 21.9. The van der Waals surface area contributed by atoms with E-state index in [-0.39, 0.29) is 5.41 Å². The monoisotopic (exact) mass is 734 g/mol. The third kappa shape index (κ3) is 4.47. The molecule has 0 aromatic heterocycles. The van der Waals surface area contributed by atoms with E-state index in [1.54, 1.807) is 27.1 Å². The predicted octanol–water partition coefficient (Wildman–Crippen LogP) is 14.6. The molecule has 2 aliphatic heterocycles. The molecule has 1 saturated heterocycles. The Kier molecular flexibility index (Phi) is 7.01. The molecule has 0 unspecified atom stereocenters. The summed E-state index contributed by atoms with van der Waals surface area (Å²) >= 11 is 0. The van der Waals surface area contributed by atoms with E-state index in [1.807, 2.05) is 0 Å². The zero-order valence-corrected chi connectivity index (χ0v) is 33.5. The van der Waals surface area contributed by atoms with Crippen molar-refractivity contribution in [2.45, 2.75) is 69.9 Å². The van der Waals surface area contributed by atoms with E-state index < -0.39 is 8.07 Å². The van der Waals surface area contributed by atoms with E-state index in [2.05, 4.69) is 159 Å². The van der Waals surface area contributed by atoms with E-state index in [1.165, 1.54) is 114 Å². The van der Waals surface area contributed by atoms with Gasteiger partial charge in [0.2, 0.25) is 0 Å². The van der Waals surface area contributed by atoms with Crippen molar-refractivity contribution in [1.82, 2.24) is 0 Å². The summed E-state index contributed by atoms with van der Waals surface area (Å²) in [6.45, 7) is 4.83. The van der Waals surface area contributed by atoms with Crippen molar-refractivity contribution in [3.63, 3.8) is 0 Å². The highest BCUT2D eigenvalue weighted by Gasteiger charge is 2.48. The SMILES string of the molecule is CC1(C)C2=C(CCC=C2)c2cc(-c3c4ccccc4c(-c4ccc5c(c4)C4=C(C=CCC4)[Si]54CCCC4)c4ccc(-c5cccc6ccccc56)cc34)ccc21. The van der Waals surface area contributed by atoms with Crippen LogP contribution in [0, 0.1) is 0 Å². The zero-order chi connectivity index (χ0) is 37.2. The van der Waals surface area contributed by atoms with Gasteiger partial charge in [0, 0.05) is 5.41 Å². The highest BCUT2D eigenvalue weighted by Crippen LogP contribution is 2.53. The summed E-state index contributed by atoms with van der Waals surface area (Å²) < 4.78 is 0. The molecule has 7 aromatic rings. The lowest BCUT2D eigenvalue weighted by Gasteiger charge is -2.26. The molecule has 2 heterocycles. The van der Waals surface area contributed by atoms with E-state index in [9.17, 15) is 0 Å². The second kappa shape index (κ2) is 12.0. The minimum absolute atomic E-state index is 0.0204. The lowest BCUT2D eigenvalue weighted by molar-refractivity contribution is 0.651. The summed E-state index contributed by atoms with van der Waals surface area (Å²) in [4.78, 5) is 0. The molecular weight excluding hydrogens is 689 g/mol. The number of benzene rings is 7. The Balaban J connectivity index is 1.15. The lowest BCUT2D eigenvalue weighted by atomic mass is 9.79. The Morgan fingerprint density at radius 2 is 1.14 bits per heavy atom. The van der Waals surface area contributed by atoms with Crippen LogP contribution in [0.4, 0.5) is 0 Å². The highest BCUT2D eigenvalue weighted by molar-refractivity contribution is 7.01. The van der Waals surface area contributed by atoms with Crippen LogP contribution < -0.4 is 5.19 Å². The molecule has 0 nitrogen and oxygen atoms in total. The van der Waals surface area contributed by atoms with Crippen LogP contribution in [0.1, 0.15) is 69.1 Å². The molecule has 1 heteroatoms. The van der Waals surface area contributed by atoms with Crippen molar-refractivity contribution in [2.24, 2.45) is 0 Å². The van der Waals surface area contributed by atoms with Gasteiger partial charge in [0.25, 0.3) is 0 Å². The van der Waals surface area contributed by atoms with Gasteiger partial charge in [-0.05, 0) is 160 Å². The van der Waals surface area contributed by atoms with Crippen LogP contribution in [-0.2, 0) is 5.41 Å². The molecule has 7 aromatic carbocycles. The molecule has 3 aliphatic carbocycles. The topological polar surface area (TPSA) is 0 Å². The van der Waals surface area contributed by atoms with Crippen LogP contribution in [0.25, 0.3) is 76.8 Å². The Bertz CT molecular complexity index is 2980. The molecule has 12 rings (SSSR count). The maximum Gasteiger partial charge on any atom is 0.119 e. The predicted molar refractivity (Wildman–Crippen MR) is 243 cm³/mol. The van der Waals surface area contributed by atoms with Crippen LogP contribution in [0.2, 0.25) is 12.1 Å². The summed E-state index contributed by atoms with van der Waals surface area (Å²) in [7, 11) is -1.65. The Hall–Kier alpha value is -5.50. The molecule has 1 fully saturated rings. The van der Waals surface area contributed by atoms with Gasteiger partial charge in [-0.2, -0.15) is 0 Å². The Morgan fingerprint density at radius 1 is 0.500 bits per heavy atom. The van der Waals surface area contributed by atoms with Crippen LogP contribution in [0.3, 0.4) is 0 Å². The van der Waals surface area contributed by atoms with Gasteiger partial charge in [-0.25, -0.2) is 0 Å². The van der Waals surface area contributed by atoms with Gasteiger partial charge in [-0.15, -0.1) is 0 Å². The van der Waals surface area contributed by atoms with Gasteiger partial charge >= 0.3 is 0 Å². The van der Waals surface area contributed by atoms with Crippen molar-refractivity contribution in [3.8, 4) is 33.4 Å².